The second-order valence-corrected chi connectivity index (χ2v) is 3.01. The number of alkyl halides is 3. The van der Waals surface area contributed by atoms with Crippen LogP contribution in [-0.4, -0.2) is 6.73 Å². The molecule has 0 aliphatic carbocycles. The van der Waals surface area contributed by atoms with Crippen molar-refractivity contribution in [3.63, 3.8) is 0 Å². The van der Waals surface area contributed by atoms with Gasteiger partial charge in [-0.2, -0.15) is 13.2 Å². The van der Waals surface area contributed by atoms with E-state index in [-0.39, 0.29) is 12.5 Å². The molecule has 0 aromatic heterocycles. The smallest absolute Gasteiger partial charge is 0.419 e. The topological polar surface area (TPSA) is 21.3 Å². The summed E-state index contributed by atoms with van der Waals surface area (Å²) in [5.41, 5.74) is -0.150. The molecular weight excluding hydrogens is 195 g/mol. The molecule has 1 heterocycles. The summed E-state index contributed by atoms with van der Waals surface area (Å²) in [7, 11) is 0. The van der Waals surface area contributed by atoms with Crippen molar-refractivity contribution in [2.24, 2.45) is 0 Å². The van der Waals surface area contributed by atoms with Crippen molar-refractivity contribution in [3.05, 3.63) is 29.3 Å². The lowest BCUT2D eigenvalue weighted by Gasteiger charge is -2.21. The number of para-hydroxylation sites is 1. The molecule has 1 aliphatic heterocycles. The summed E-state index contributed by atoms with van der Waals surface area (Å²) in [4.78, 5) is 0. The van der Waals surface area contributed by atoms with Gasteiger partial charge >= 0.3 is 6.18 Å². The number of hydrogen-bond donors (Lipinski definition) is 1. The molecule has 1 aromatic carbocycles. The standard InChI is InChI=1S/C9H8F3NO/c10-9(11,12)7-3-1-2-6-4-13-5-14-8(6)7/h1-3,13H,4-5H2. The maximum atomic E-state index is 12.5. The molecule has 2 rings (SSSR count). The third-order valence-electron chi connectivity index (χ3n) is 2.04. The minimum absolute atomic E-state index is 0.0428. The number of ether oxygens (including phenoxy) is 1. The van der Waals surface area contributed by atoms with Crippen LogP contribution < -0.4 is 10.1 Å². The van der Waals surface area contributed by atoms with Crippen molar-refractivity contribution in [1.82, 2.24) is 5.32 Å². The van der Waals surface area contributed by atoms with Crippen molar-refractivity contribution < 1.29 is 17.9 Å². The fourth-order valence-corrected chi connectivity index (χ4v) is 1.43. The van der Waals surface area contributed by atoms with Gasteiger partial charge in [0.1, 0.15) is 12.5 Å². The van der Waals surface area contributed by atoms with Gasteiger partial charge in [0.05, 0.1) is 5.56 Å². The number of benzene rings is 1. The lowest BCUT2D eigenvalue weighted by atomic mass is 10.1. The zero-order valence-corrected chi connectivity index (χ0v) is 7.19. The molecule has 1 aromatic rings. The monoisotopic (exact) mass is 203 g/mol. The van der Waals surface area contributed by atoms with Gasteiger partial charge < -0.3 is 4.74 Å². The molecule has 0 radical (unpaired) electrons. The van der Waals surface area contributed by atoms with Gasteiger partial charge in [-0.15, -0.1) is 0 Å². The Hall–Kier alpha value is -1.23. The van der Waals surface area contributed by atoms with Crippen molar-refractivity contribution in [2.45, 2.75) is 12.7 Å². The second kappa shape index (κ2) is 3.16. The van der Waals surface area contributed by atoms with Gasteiger partial charge in [0.15, 0.2) is 0 Å². The molecule has 5 heteroatoms. The number of halogens is 3. The Kier molecular flexibility index (Phi) is 2.11. The molecule has 0 amide bonds. The predicted octanol–water partition coefficient (Wildman–Crippen LogP) is 2.14. The molecule has 1 N–H and O–H groups in total. The molecule has 0 bridgehead atoms. The number of nitrogens with one attached hydrogen (secondary N) is 1. The average molecular weight is 203 g/mol. The predicted molar refractivity (Wildman–Crippen MR) is 43.8 cm³/mol. The van der Waals surface area contributed by atoms with Gasteiger partial charge in [0.25, 0.3) is 0 Å². The number of rotatable bonds is 0. The molecule has 2 nitrogen and oxygen atoms in total. The van der Waals surface area contributed by atoms with Gasteiger partial charge in [0.2, 0.25) is 0 Å². The Morgan fingerprint density at radius 2 is 2.07 bits per heavy atom. The molecule has 76 valence electrons. The van der Waals surface area contributed by atoms with Crippen LogP contribution in [0.3, 0.4) is 0 Å². The highest BCUT2D eigenvalue weighted by Gasteiger charge is 2.35. The summed E-state index contributed by atoms with van der Waals surface area (Å²) < 4.78 is 42.4. The lowest BCUT2D eigenvalue weighted by molar-refractivity contribution is -0.139. The van der Waals surface area contributed by atoms with E-state index >= 15 is 0 Å². The molecule has 1 aliphatic rings. The van der Waals surface area contributed by atoms with Crippen LogP contribution in [0.15, 0.2) is 18.2 Å². The molecule has 0 fully saturated rings. The van der Waals surface area contributed by atoms with E-state index in [1.54, 1.807) is 6.07 Å². The highest BCUT2D eigenvalue weighted by atomic mass is 19.4. The van der Waals surface area contributed by atoms with Crippen LogP contribution in [0, 0.1) is 0 Å². The Balaban J connectivity index is 2.51. The van der Waals surface area contributed by atoms with Crippen molar-refractivity contribution >= 4 is 0 Å². The zero-order chi connectivity index (χ0) is 10.2. The quantitative estimate of drug-likeness (QED) is 0.697. The Morgan fingerprint density at radius 3 is 2.79 bits per heavy atom. The fourth-order valence-electron chi connectivity index (χ4n) is 1.43. The number of fused-ring (bicyclic) bond motifs is 1. The first kappa shape index (κ1) is 9.33. The van der Waals surface area contributed by atoms with E-state index < -0.39 is 11.7 Å². The Morgan fingerprint density at radius 1 is 1.29 bits per heavy atom. The van der Waals surface area contributed by atoms with E-state index in [9.17, 15) is 13.2 Å². The highest BCUT2D eigenvalue weighted by Crippen LogP contribution is 2.38. The minimum atomic E-state index is -4.34. The first-order valence-corrected chi connectivity index (χ1v) is 4.11. The average Bonchev–Trinajstić information content (AvgIpc) is 2.15. The van der Waals surface area contributed by atoms with Crippen molar-refractivity contribution in [3.8, 4) is 5.75 Å². The highest BCUT2D eigenvalue weighted by molar-refractivity contribution is 5.43. The van der Waals surface area contributed by atoms with E-state index in [2.05, 4.69) is 5.32 Å². The zero-order valence-electron chi connectivity index (χ0n) is 7.19. The summed E-state index contributed by atoms with van der Waals surface area (Å²) >= 11 is 0. The molecule has 0 saturated heterocycles. The Labute approximate surface area is 78.7 Å². The lowest BCUT2D eigenvalue weighted by Crippen LogP contribution is -2.27. The first-order valence-electron chi connectivity index (χ1n) is 4.11. The first-order chi connectivity index (χ1) is 6.59. The molecule has 0 atom stereocenters. The SMILES string of the molecule is FC(F)(F)c1cccc2c1OCNC2. The molecule has 0 spiro atoms. The molecular formula is C9H8F3NO. The Bertz CT molecular complexity index is 348. The van der Waals surface area contributed by atoms with Gasteiger partial charge in [-0.25, -0.2) is 0 Å². The minimum Gasteiger partial charge on any atom is -0.477 e. The van der Waals surface area contributed by atoms with Gasteiger partial charge in [-0.3, -0.25) is 5.32 Å². The molecule has 14 heavy (non-hydrogen) atoms. The van der Waals surface area contributed by atoms with Crippen LogP contribution in [0.2, 0.25) is 0 Å². The summed E-state index contributed by atoms with van der Waals surface area (Å²) in [6.07, 6.45) is -4.34. The van der Waals surface area contributed by atoms with Crippen LogP contribution in [-0.2, 0) is 12.7 Å². The number of hydrogen-bond acceptors (Lipinski definition) is 2. The normalized spacial score (nSPS) is 15.9. The van der Waals surface area contributed by atoms with Crippen LogP contribution in [0.5, 0.6) is 5.75 Å². The molecule has 0 saturated carbocycles. The van der Waals surface area contributed by atoms with E-state index in [0.717, 1.165) is 6.07 Å². The van der Waals surface area contributed by atoms with Crippen molar-refractivity contribution in [1.29, 1.82) is 0 Å². The van der Waals surface area contributed by atoms with Crippen LogP contribution in [0.25, 0.3) is 0 Å². The summed E-state index contributed by atoms with van der Waals surface area (Å²) in [5.74, 6) is -0.0428. The second-order valence-electron chi connectivity index (χ2n) is 3.01. The van der Waals surface area contributed by atoms with E-state index in [1.807, 2.05) is 0 Å². The van der Waals surface area contributed by atoms with E-state index in [1.165, 1.54) is 6.07 Å². The van der Waals surface area contributed by atoms with Crippen molar-refractivity contribution in [2.75, 3.05) is 6.73 Å². The maximum Gasteiger partial charge on any atom is 0.419 e. The fraction of sp³-hybridized carbons (Fsp3) is 0.333. The third kappa shape index (κ3) is 1.55. The van der Waals surface area contributed by atoms with E-state index in [0.29, 0.717) is 12.1 Å². The van der Waals surface area contributed by atoms with Crippen LogP contribution in [0.1, 0.15) is 11.1 Å². The third-order valence-corrected chi connectivity index (χ3v) is 2.04. The maximum absolute atomic E-state index is 12.5. The van der Waals surface area contributed by atoms with Gasteiger partial charge in [-0.1, -0.05) is 12.1 Å². The van der Waals surface area contributed by atoms with Gasteiger partial charge in [-0.05, 0) is 6.07 Å². The largest absolute Gasteiger partial charge is 0.477 e. The summed E-state index contributed by atoms with van der Waals surface area (Å²) in [6.45, 7) is 0.541. The van der Waals surface area contributed by atoms with Gasteiger partial charge in [0, 0.05) is 12.1 Å². The van der Waals surface area contributed by atoms with E-state index in [4.69, 9.17) is 4.74 Å². The molecule has 0 unspecified atom stereocenters. The van der Waals surface area contributed by atoms with Crippen LogP contribution >= 0.6 is 0 Å². The summed E-state index contributed by atoms with van der Waals surface area (Å²) in [5, 5.41) is 2.83. The van der Waals surface area contributed by atoms with Crippen LogP contribution in [0.4, 0.5) is 13.2 Å². The summed E-state index contributed by atoms with van der Waals surface area (Å²) in [6, 6.07) is 4.04.